The van der Waals surface area contributed by atoms with E-state index in [0.717, 1.165) is 17.5 Å². The smallest absolute Gasteiger partial charge is 0.166 e. The topological polar surface area (TPSA) is 17.1 Å². The van der Waals surface area contributed by atoms with Crippen LogP contribution < -0.4 is 0 Å². The number of carbonyl (C=O) groups excluding carboxylic acids is 1. The number of ketones is 1. The Balaban J connectivity index is 2.62. The summed E-state index contributed by atoms with van der Waals surface area (Å²) in [4.78, 5) is 11.6. The third-order valence-corrected chi connectivity index (χ3v) is 2.66. The van der Waals surface area contributed by atoms with Crippen LogP contribution in [0.1, 0.15) is 28.4 Å². The van der Waals surface area contributed by atoms with Crippen molar-refractivity contribution in [3.05, 3.63) is 41.5 Å². The fourth-order valence-electron chi connectivity index (χ4n) is 1.92. The minimum absolute atomic E-state index is 0.149. The summed E-state index contributed by atoms with van der Waals surface area (Å²) in [5.41, 5.74) is 3.18. The molecular weight excluding hydrogens is 160 g/mol. The van der Waals surface area contributed by atoms with Gasteiger partial charge >= 0.3 is 0 Å². The first-order chi connectivity index (χ1) is 6.24. The minimum atomic E-state index is 0.149. The highest BCUT2D eigenvalue weighted by Gasteiger charge is 2.27. The second-order valence-corrected chi connectivity index (χ2v) is 3.55. The zero-order valence-corrected chi connectivity index (χ0v) is 7.71. The van der Waals surface area contributed by atoms with Crippen LogP contribution in [0.4, 0.5) is 0 Å². The first kappa shape index (κ1) is 8.24. The van der Waals surface area contributed by atoms with Gasteiger partial charge in [-0.3, -0.25) is 4.79 Å². The lowest BCUT2D eigenvalue weighted by atomic mass is 10.0. The highest BCUT2D eigenvalue weighted by atomic mass is 16.1. The van der Waals surface area contributed by atoms with Crippen molar-refractivity contribution < 1.29 is 4.79 Å². The summed E-state index contributed by atoms with van der Waals surface area (Å²) in [5.74, 6) is 0.426. The van der Waals surface area contributed by atoms with E-state index in [2.05, 4.69) is 6.58 Å². The van der Waals surface area contributed by atoms with Gasteiger partial charge in [0.15, 0.2) is 5.78 Å². The first-order valence-electron chi connectivity index (χ1n) is 4.52. The molecule has 0 heterocycles. The SMILES string of the molecule is C=Cc1cccc2c1CC(C)C2=O. The van der Waals surface area contributed by atoms with Gasteiger partial charge in [-0.2, -0.15) is 0 Å². The van der Waals surface area contributed by atoms with Crippen molar-refractivity contribution in [2.24, 2.45) is 5.92 Å². The average molecular weight is 172 g/mol. The quantitative estimate of drug-likeness (QED) is 0.636. The Hall–Kier alpha value is -1.37. The van der Waals surface area contributed by atoms with Crippen LogP contribution in [0.3, 0.4) is 0 Å². The molecule has 0 amide bonds. The average Bonchev–Trinajstić information content (AvgIpc) is 2.43. The van der Waals surface area contributed by atoms with Gasteiger partial charge in [-0.25, -0.2) is 0 Å². The van der Waals surface area contributed by atoms with E-state index >= 15 is 0 Å². The highest BCUT2D eigenvalue weighted by Crippen LogP contribution is 2.29. The van der Waals surface area contributed by atoms with Gasteiger partial charge in [0.25, 0.3) is 0 Å². The van der Waals surface area contributed by atoms with Gasteiger partial charge in [0.2, 0.25) is 0 Å². The zero-order chi connectivity index (χ0) is 9.42. The van der Waals surface area contributed by atoms with Crippen molar-refractivity contribution in [1.82, 2.24) is 0 Å². The molecule has 0 aliphatic heterocycles. The molecule has 1 aromatic carbocycles. The summed E-state index contributed by atoms with van der Waals surface area (Å²) in [5, 5.41) is 0. The van der Waals surface area contributed by atoms with Gasteiger partial charge < -0.3 is 0 Å². The van der Waals surface area contributed by atoms with Gasteiger partial charge in [-0.1, -0.05) is 37.8 Å². The fraction of sp³-hybridized carbons (Fsp3) is 0.250. The van der Waals surface area contributed by atoms with Crippen LogP contribution in [0.5, 0.6) is 0 Å². The van der Waals surface area contributed by atoms with Gasteiger partial charge in [0.05, 0.1) is 0 Å². The second kappa shape index (κ2) is 2.84. The summed E-state index contributed by atoms with van der Waals surface area (Å²) in [6.45, 7) is 5.73. The molecule has 13 heavy (non-hydrogen) atoms. The van der Waals surface area contributed by atoms with Crippen LogP contribution in [-0.2, 0) is 6.42 Å². The molecule has 1 aliphatic carbocycles. The monoisotopic (exact) mass is 172 g/mol. The fourth-order valence-corrected chi connectivity index (χ4v) is 1.92. The molecule has 1 atom stereocenters. The minimum Gasteiger partial charge on any atom is -0.294 e. The summed E-state index contributed by atoms with van der Waals surface area (Å²) < 4.78 is 0. The Labute approximate surface area is 78.1 Å². The van der Waals surface area contributed by atoms with Crippen LogP contribution in [0.15, 0.2) is 24.8 Å². The maximum Gasteiger partial charge on any atom is 0.166 e. The number of hydrogen-bond donors (Lipinski definition) is 0. The molecule has 0 N–H and O–H groups in total. The van der Waals surface area contributed by atoms with Gasteiger partial charge in [-0.05, 0) is 17.5 Å². The summed E-state index contributed by atoms with van der Waals surface area (Å²) in [6.07, 6.45) is 2.69. The van der Waals surface area contributed by atoms with Crippen LogP contribution in [0, 0.1) is 5.92 Å². The van der Waals surface area contributed by atoms with Crippen LogP contribution in [0.25, 0.3) is 6.08 Å². The molecule has 1 nitrogen and oxygen atoms in total. The van der Waals surface area contributed by atoms with E-state index < -0.39 is 0 Å². The molecular formula is C12H12O. The number of Topliss-reactive ketones (excluding diaryl/α,β-unsaturated/α-hetero) is 1. The van der Waals surface area contributed by atoms with E-state index in [9.17, 15) is 4.79 Å². The largest absolute Gasteiger partial charge is 0.294 e. The third kappa shape index (κ3) is 1.12. The summed E-state index contributed by atoms with van der Waals surface area (Å²) >= 11 is 0. The van der Waals surface area contributed by atoms with Crippen molar-refractivity contribution >= 4 is 11.9 Å². The van der Waals surface area contributed by atoms with Crippen molar-refractivity contribution in [1.29, 1.82) is 0 Å². The molecule has 66 valence electrons. The van der Waals surface area contributed by atoms with E-state index in [1.54, 1.807) is 0 Å². The molecule has 0 bridgehead atoms. The van der Waals surface area contributed by atoms with Crippen molar-refractivity contribution in [2.75, 3.05) is 0 Å². The summed E-state index contributed by atoms with van der Waals surface area (Å²) in [6, 6.07) is 5.84. The Morgan fingerprint density at radius 3 is 3.00 bits per heavy atom. The molecule has 0 fully saturated rings. The molecule has 1 unspecified atom stereocenters. The number of rotatable bonds is 1. The maximum atomic E-state index is 11.6. The van der Waals surface area contributed by atoms with E-state index in [1.807, 2.05) is 31.2 Å². The van der Waals surface area contributed by atoms with Crippen LogP contribution >= 0.6 is 0 Å². The molecule has 2 rings (SSSR count). The highest BCUT2D eigenvalue weighted by molar-refractivity contribution is 6.02. The zero-order valence-electron chi connectivity index (χ0n) is 7.71. The number of hydrogen-bond acceptors (Lipinski definition) is 1. The maximum absolute atomic E-state index is 11.6. The van der Waals surface area contributed by atoms with Gasteiger partial charge in [0.1, 0.15) is 0 Å². The van der Waals surface area contributed by atoms with E-state index in [4.69, 9.17) is 0 Å². The molecule has 0 spiro atoms. The number of fused-ring (bicyclic) bond motifs is 1. The lowest BCUT2D eigenvalue weighted by Gasteiger charge is -2.00. The normalized spacial score (nSPS) is 20.1. The molecule has 0 saturated carbocycles. The molecule has 0 radical (unpaired) electrons. The van der Waals surface area contributed by atoms with E-state index in [0.29, 0.717) is 0 Å². The Morgan fingerprint density at radius 1 is 1.54 bits per heavy atom. The van der Waals surface area contributed by atoms with Gasteiger partial charge in [-0.15, -0.1) is 0 Å². The standard InChI is InChI=1S/C12H12O/c1-3-9-5-4-6-10-11(9)7-8(2)12(10)13/h3-6,8H,1,7H2,2H3. The summed E-state index contributed by atoms with van der Waals surface area (Å²) in [7, 11) is 0. The van der Waals surface area contributed by atoms with E-state index in [-0.39, 0.29) is 11.7 Å². The molecule has 0 saturated heterocycles. The second-order valence-electron chi connectivity index (χ2n) is 3.55. The van der Waals surface area contributed by atoms with Crippen molar-refractivity contribution in [3.63, 3.8) is 0 Å². The first-order valence-corrected chi connectivity index (χ1v) is 4.52. The van der Waals surface area contributed by atoms with Gasteiger partial charge in [0, 0.05) is 11.5 Å². The Morgan fingerprint density at radius 2 is 2.31 bits per heavy atom. The molecule has 0 aromatic heterocycles. The van der Waals surface area contributed by atoms with E-state index in [1.165, 1.54) is 5.56 Å². The predicted octanol–water partition coefficient (Wildman–Crippen LogP) is 2.70. The van der Waals surface area contributed by atoms with Crippen molar-refractivity contribution in [2.45, 2.75) is 13.3 Å². The lowest BCUT2D eigenvalue weighted by Crippen LogP contribution is -2.02. The van der Waals surface area contributed by atoms with Crippen LogP contribution in [-0.4, -0.2) is 5.78 Å². The Bertz CT molecular complexity index is 377. The molecule has 1 aromatic rings. The number of carbonyl (C=O) groups is 1. The third-order valence-electron chi connectivity index (χ3n) is 2.66. The lowest BCUT2D eigenvalue weighted by molar-refractivity contribution is 0.0946. The van der Waals surface area contributed by atoms with Crippen molar-refractivity contribution in [3.8, 4) is 0 Å². The predicted molar refractivity (Wildman–Crippen MR) is 53.7 cm³/mol. The molecule has 1 aliphatic rings. The molecule has 1 heteroatoms. The number of benzene rings is 1. The van der Waals surface area contributed by atoms with Crippen LogP contribution in [0.2, 0.25) is 0 Å². The Kier molecular flexibility index (Phi) is 1.80.